The number of hydrogen-bond donors (Lipinski definition) is 1. The second-order valence-corrected chi connectivity index (χ2v) is 5.63. The van der Waals surface area contributed by atoms with Crippen LogP contribution in [0.15, 0.2) is 28.9 Å². The average Bonchev–Trinajstić information content (AvgIpc) is 2.67. The molecule has 0 aliphatic heterocycles. The van der Waals surface area contributed by atoms with Gasteiger partial charge in [0, 0.05) is 21.1 Å². The molecule has 1 aromatic carbocycles. The number of thiazole rings is 1. The standard InChI is InChI=1S/C11H10BrFN2S/c1-6-5-15-11(16-6)10(14)8-4-7(12)2-3-9(8)13/h2-5,10H,14H2,1H3. The van der Waals surface area contributed by atoms with Gasteiger partial charge in [0.1, 0.15) is 10.8 Å². The third-order valence-corrected chi connectivity index (χ3v) is 3.69. The lowest BCUT2D eigenvalue weighted by Gasteiger charge is -2.10. The number of nitrogens with two attached hydrogens (primary N) is 1. The van der Waals surface area contributed by atoms with Gasteiger partial charge in [-0.1, -0.05) is 15.9 Å². The quantitative estimate of drug-likeness (QED) is 0.923. The van der Waals surface area contributed by atoms with Gasteiger partial charge in [0.15, 0.2) is 0 Å². The molecule has 0 aliphatic rings. The van der Waals surface area contributed by atoms with Crippen molar-refractivity contribution < 1.29 is 4.39 Å². The van der Waals surface area contributed by atoms with Crippen LogP contribution in [0.3, 0.4) is 0 Å². The largest absolute Gasteiger partial charge is 0.318 e. The van der Waals surface area contributed by atoms with Crippen LogP contribution in [0.5, 0.6) is 0 Å². The molecule has 1 heterocycles. The number of aryl methyl sites for hydroxylation is 1. The molecule has 1 aromatic heterocycles. The molecule has 0 aliphatic carbocycles. The molecule has 2 rings (SSSR count). The molecule has 0 bridgehead atoms. The zero-order valence-corrected chi connectivity index (χ0v) is 11.0. The van der Waals surface area contributed by atoms with E-state index in [1.165, 1.54) is 17.4 Å². The van der Waals surface area contributed by atoms with E-state index < -0.39 is 6.04 Å². The highest BCUT2D eigenvalue weighted by Gasteiger charge is 2.16. The highest BCUT2D eigenvalue weighted by atomic mass is 79.9. The second kappa shape index (κ2) is 4.61. The summed E-state index contributed by atoms with van der Waals surface area (Å²) >= 11 is 4.79. The minimum Gasteiger partial charge on any atom is -0.318 e. The van der Waals surface area contributed by atoms with Crippen LogP contribution >= 0.6 is 27.3 Å². The summed E-state index contributed by atoms with van der Waals surface area (Å²) in [5, 5.41) is 0.731. The van der Waals surface area contributed by atoms with Crippen molar-refractivity contribution >= 4 is 27.3 Å². The molecule has 0 saturated heterocycles. The Balaban J connectivity index is 2.40. The third-order valence-electron chi connectivity index (χ3n) is 2.20. The second-order valence-electron chi connectivity index (χ2n) is 3.45. The SMILES string of the molecule is Cc1cnc(C(N)c2cc(Br)ccc2F)s1. The minimum atomic E-state index is -0.504. The first-order valence-electron chi connectivity index (χ1n) is 4.71. The smallest absolute Gasteiger partial charge is 0.128 e. The number of benzene rings is 1. The maximum absolute atomic E-state index is 13.6. The van der Waals surface area contributed by atoms with Crippen molar-refractivity contribution in [2.24, 2.45) is 5.73 Å². The molecule has 84 valence electrons. The van der Waals surface area contributed by atoms with Crippen molar-refractivity contribution in [1.82, 2.24) is 4.98 Å². The highest BCUT2D eigenvalue weighted by Crippen LogP contribution is 2.27. The predicted molar refractivity (Wildman–Crippen MR) is 67.0 cm³/mol. The van der Waals surface area contributed by atoms with Gasteiger partial charge in [0.2, 0.25) is 0 Å². The van der Waals surface area contributed by atoms with E-state index in [1.807, 2.05) is 6.92 Å². The van der Waals surface area contributed by atoms with Gasteiger partial charge in [-0.15, -0.1) is 11.3 Å². The molecule has 5 heteroatoms. The maximum atomic E-state index is 13.6. The van der Waals surface area contributed by atoms with Gasteiger partial charge in [-0.05, 0) is 25.1 Å². The van der Waals surface area contributed by atoms with Crippen LogP contribution in [0.4, 0.5) is 4.39 Å². The summed E-state index contributed by atoms with van der Waals surface area (Å²) in [5.41, 5.74) is 6.45. The zero-order chi connectivity index (χ0) is 11.7. The molecular weight excluding hydrogens is 291 g/mol. The Morgan fingerprint density at radius 3 is 2.88 bits per heavy atom. The van der Waals surface area contributed by atoms with Crippen molar-refractivity contribution in [1.29, 1.82) is 0 Å². The Morgan fingerprint density at radius 1 is 1.50 bits per heavy atom. The molecule has 2 nitrogen and oxygen atoms in total. The average molecular weight is 301 g/mol. The molecule has 1 atom stereocenters. The van der Waals surface area contributed by atoms with Gasteiger partial charge >= 0.3 is 0 Å². The summed E-state index contributed by atoms with van der Waals surface area (Å²) < 4.78 is 14.4. The topological polar surface area (TPSA) is 38.9 Å². The molecule has 0 spiro atoms. The van der Waals surface area contributed by atoms with Crippen molar-refractivity contribution in [3.05, 3.63) is 50.1 Å². The van der Waals surface area contributed by atoms with E-state index in [0.717, 1.165) is 14.4 Å². The fourth-order valence-corrected chi connectivity index (χ4v) is 2.58. The van der Waals surface area contributed by atoms with Gasteiger partial charge in [-0.25, -0.2) is 9.37 Å². The molecule has 16 heavy (non-hydrogen) atoms. The Kier molecular flexibility index (Phi) is 3.37. The fourth-order valence-electron chi connectivity index (χ4n) is 1.40. The summed E-state index contributed by atoms with van der Waals surface area (Å²) in [4.78, 5) is 5.24. The highest BCUT2D eigenvalue weighted by molar-refractivity contribution is 9.10. The van der Waals surface area contributed by atoms with Crippen LogP contribution < -0.4 is 5.73 Å². The monoisotopic (exact) mass is 300 g/mol. The summed E-state index contributed by atoms with van der Waals surface area (Å²) in [5.74, 6) is -0.302. The van der Waals surface area contributed by atoms with E-state index in [2.05, 4.69) is 20.9 Å². The lowest BCUT2D eigenvalue weighted by atomic mass is 10.1. The Bertz CT molecular complexity index is 512. The summed E-state index contributed by atoms with van der Waals surface area (Å²) in [6.45, 7) is 1.95. The first kappa shape index (κ1) is 11.7. The number of nitrogens with zero attached hydrogens (tertiary/aromatic N) is 1. The normalized spacial score (nSPS) is 12.8. The molecule has 0 amide bonds. The van der Waals surface area contributed by atoms with E-state index in [-0.39, 0.29) is 5.82 Å². The number of hydrogen-bond acceptors (Lipinski definition) is 3. The Morgan fingerprint density at radius 2 is 2.25 bits per heavy atom. The lowest BCUT2D eigenvalue weighted by molar-refractivity contribution is 0.598. The van der Waals surface area contributed by atoms with Crippen LogP contribution in [0.25, 0.3) is 0 Å². The van der Waals surface area contributed by atoms with E-state index in [1.54, 1.807) is 18.3 Å². The van der Waals surface area contributed by atoms with Gasteiger partial charge in [0.05, 0.1) is 6.04 Å². The van der Waals surface area contributed by atoms with Crippen molar-refractivity contribution in [2.75, 3.05) is 0 Å². The lowest BCUT2D eigenvalue weighted by Crippen LogP contribution is -2.13. The third kappa shape index (κ3) is 2.31. The van der Waals surface area contributed by atoms with Crippen molar-refractivity contribution in [3.63, 3.8) is 0 Å². The van der Waals surface area contributed by atoms with E-state index >= 15 is 0 Å². The minimum absolute atomic E-state index is 0.302. The van der Waals surface area contributed by atoms with Gasteiger partial charge in [0.25, 0.3) is 0 Å². The number of rotatable bonds is 2. The zero-order valence-electron chi connectivity index (χ0n) is 8.58. The Labute approximate surface area is 105 Å². The number of aromatic nitrogens is 1. The molecule has 1 unspecified atom stereocenters. The van der Waals surface area contributed by atoms with Crippen LogP contribution in [0.2, 0.25) is 0 Å². The fraction of sp³-hybridized carbons (Fsp3) is 0.182. The molecular formula is C11H10BrFN2S. The van der Waals surface area contributed by atoms with E-state index in [4.69, 9.17) is 5.73 Å². The van der Waals surface area contributed by atoms with Gasteiger partial charge in [-0.2, -0.15) is 0 Å². The number of halogens is 2. The maximum Gasteiger partial charge on any atom is 0.128 e. The summed E-state index contributed by atoms with van der Waals surface area (Å²) in [7, 11) is 0. The van der Waals surface area contributed by atoms with Crippen LogP contribution in [-0.4, -0.2) is 4.98 Å². The van der Waals surface area contributed by atoms with E-state index in [9.17, 15) is 4.39 Å². The van der Waals surface area contributed by atoms with Crippen molar-refractivity contribution in [2.45, 2.75) is 13.0 Å². The first-order chi connectivity index (χ1) is 7.58. The molecule has 0 saturated carbocycles. The molecule has 2 aromatic rings. The van der Waals surface area contributed by atoms with Crippen molar-refractivity contribution in [3.8, 4) is 0 Å². The molecule has 0 fully saturated rings. The van der Waals surface area contributed by atoms with E-state index in [0.29, 0.717) is 5.56 Å². The molecule has 0 radical (unpaired) electrons. The van der Waals surface area contributed by atoms with Crippen LogP contribution in [0, 0.1) is 12.7 Å². The van der Waals surface area contributed by atoms with Crippen LogP contribution in [0.1, 0.15) is 21.5 Å². The summed E-state index contributed by atoms with van der Waals surface area (Å²) in [6.07, 6.45) is 1.75. The van der Waals surface area contributed by atoms with Gasteiger partial charge in [-0.3, -0.25) is 0 Å². The van der Waals surface area contributed by atoms with Crippen LogP contribution in [-0.2, 0) is 0 Å². The molecule has 2 N–H and O–H groups in total. The Hall–Kier alpha value is -0.780. The summed E-state index contributed by atoms with van der Waals surface area (Å²) in [6, 6.07) is 4.24. The first-order valence-corrected chi connectivity index (χ1v) is 6.31. The van der Waals surface area contributed by atoms with Gasteiger partial charge < -0.3 is 5.73 Å². The predicted octanol–water partition coefficient (Wildman–Crippen LogP) is 3.40.